The van der Waals surface area contributed by atoms with Gasteiger partial charge in [-0.1, -0.05) is 36.0 Å². The molecular formula is C21H15FN2O2S2. The third-order valence-corrected chi connectivity index (χ3v) is 6.02. The number of aromatic nitrogens is 1. The summed E-state index contributed by atoms with van der Waals surface area (Å²) in [5.41, 5.74) is 1.74. The van der Waals surface area contributed by atoms with Gasteiger partial charge in [0.1, 0.15) is 29.1 Å². The number of carbonyl (C=O) groups excluding carboxylic acids is 1. The number of carbonyl (C=O) groups is 1. The molecule has 2 aromatic carbocycles. The van der Waals surface area contributed by atoms with Gasteiger partial charge < -0.3 is 4.74 Å². The standard InChI is InChI=1S/C21H15FN2O2S2/c22-15-5-1-14(2-6-15)12-26-16-7-3-13(4-8-16)11-17-19(25)18(20(23)28-17)21-24-9-10-27-21/h1-11,18,23H,12H2/b17-11-,23-20?/t18-/m1/s1. The van der Waals surface area contributed by atoms with Gasteiger partial charge in [-0.3, -0.25) is 10.2 Å². The summed E-state index contributed by atoms with van der Waals surface area (Å²) < 4.78 is 18.6. The van der Waals surface area contributed by atoms with E-state index in [1.165, 1.54) is 35.2 Å². The van der Waals surface area contributed by atoms with E-state index in [1.54, 1.807) is 24.4 Å². The molecule has 1 N–H and O–H groups in total. The summed E-state index contributed by atoms with van der Waals surface area (Å²) in [6.45, 7) is 0.349. The molecule has 0 amide bonds. The van der Waals surface area contributed by atoms with Crippen molar-refractivity contribution in [2.75, 3.05) is 0 Å². The highest BCUT2D eigenvalue weighted by atomic mass is 32.2. The molecule has 1 saturated heterocycles. The third kappa shape index (κ3) is 4.05. The molecule has 1 fully saturated rings. The Morgan fingerprint density at radius 1 is 1.14 bits per heavy atom. The van der Waals surface area contributed by atoms with Crippen LogP contribution >= 0.6 is 23.1 Å². The quantitative estimate of drug-likeness (QED) is 0.582. The lowest BCUT2D eigenvalue weighted by molar-refractivity contribution is -0.114. The first-order chi connectivity index (χ1) is 13.6. The van der Waals surface area contributed by atoms with Crippen LogP contribution in [0.1, 0.15) is 22.1 Å². The molecule has 2 heterocycles. The molecular weight excluding hydrogens is 395 g/mol. The maximum atomic E-state index is 12.9. The van der Waals surface area contributed by atoms with E-state index in [-0.39, 0.29) is 11.6 Å². The van der Waals surface area contributed by atoms with Crippen LogP contribution in [0.3, 0.4) is 0 Å². The summed E-state index contributed by atoms with van der Waals surface area (Å²) in [7, 11) is 0. The molecule has 4 nitrogen and oxygen atoms in total. The van der Waals surface area contributed by atoms with Crippen LogP contribution in [0.4, 0.5) is 4.39 Å². The van der Waals surface area contributed by atoms with E-state index in [4.69, 9.17) is 10.1 Å². The fourth-order valence-corrected chi connectivity index (χ4v) is 4.56. The number of nitrogens with zero attached hydrogens (tertiary/aromatic N) is 1. The Balaban J connectivity index is 1.43. The van der Waals surface area contributed by atoms with E-state index >= 15 is 0 Å². The van der Waals surface area contributed by atoms with Gasteiger partial charge in [-0.25, -0.2) is 9.37 Å². The first-order valence-electron chi connectivity index (χ1n) is 8.49. The molecule has 0 radical (unpaired) electrons. The number of thioether (sulfide) groups is 1. The molecule has 28 heavy (non-hydrogen) atoms. The molecule has 0 saturated carbocycles. The summed E-state index contributed by atoms with van der Waals surface area (Å²) in [5.74, 6) is -0.243. The Morgan fingerprint density at radius 2 is 1.89 bits per heavy atom. The SMILES string of the molecule is N=C1S/C(=C\c2ccc(OCc3ccc(F)cc3)cc2)C(=O)[C@H]1c1nccs1. The fraction of sp³-hybridized carbons (Fsp3) is 0.0952. The van der Waals surface area contributed by atoms with Gasteiger partial charge in [0, 0.05) is 11.6 Å². The first kappa shape index (κ1) is 18.6. The molecule has 1 aliphatic heterocycles. The number of ketones is 1. The molecule has 0 spiro atoms. The van der Waals surface area contributed by atoms with Crippen LogP contribution in [0.5, 0.6) is 5.75 Å². The lowest BCUT2D eigenvalue weighted by Gasteiger charge is -2.06. The fourth-order valence-electron chi connectivity index (χ4n) is 2.75. The van der Waals surface area contributed by atoms with E-state index in [0.717, 1.165) is 11.1 Å². The summed E-state index contributed by atoms with van der Waals surface area (Å²) in [5, 5.41) is 10.9. The highest BCUT2D eigenvalue weighted by Crippen LogP contribution is 2.41. The predicted octanol–water partition coefficient (Wildman–Crippen LogP) is 5.28. The van der Waals surface area contributed by atoms with Crippen LogP contribution in [0.25, 0.3) is 6.08 Å². The van der Waals surface area contributed by atoms with Gasteiger partial charge >= 0.3 is 0 Å². The number of allylic oxidation sites excluding steroid dienone is 1. The molecule has 7 heteroatoms. The molecule has 4 rings (SSSR count). The van der Waals surface area contributed by atoms with Gasteiger partial charge in [0.2, 0.25) is 0 Å². The molecule has 0 aliphatic carbocycles. The summed E-state index contributed by atoms with van der Waals surface area (Å²) >= 11 is 2.58. The number of hydrogen-bond donors (Lipinski definition) is 1. The first-order valence-corrected chi connectivity index (χ1v) is 10.2. The van der Waals surface area contributed by atoms with Crippen molar-refractivity contribution in [3.8, 4) is 5.75 Å². The van der Waals surface area contributed by atoms with Crippen molar-refractivity contribution in [1.82, 2.24) is 4.98 Å². The minimum atomic E-state index is -0.574. The zero-order valence-corrected chi connectivity index (χ0v) is 16.2. The van der Waals surface area contributed by atoms with Crippen LogP contribution in [-0.2, 0) is 11.4 Å². The maximum absolute atomic E-state index is 12.9. The number of ether oxygens (including phenoxy) is 1. The van der Waals surface area contributed by atoms with Gasteiger partial charge in [-0.2, -0.15) is 0 Å². The van der Waals surface area contributed by atoms with Crippen molar-refractivity contribution in [2.45, 2.75) is 12.5 Å². The average Bonchev–Trinajstić information content (AvgIpc) is 3.31. The Kier molecular flexibility index (Phi) is 5.36. The highest BCUT2D eigenvalue weighted by Gasteiger charge is 2.38. The van der Waals surface area contributed by atoms with Gasteiger partial charge in [0.15, 0.2) is 5.78 Å². The second-order valence-corrected chi connectivity index (χ2v) is 8.14. The Morgan fingerprint density at radius 3 is 2.57 bits per heavy atom. The van der Waals surface area contributed by atoms with Crippen molar-refractivity contribution in [1.29, 1.82) is 5.41 Å². The van der Waals surface area contributed by atoms with Crippen molar-refractivity contribution >= 4 is 40.0 Å². The Bertz CT molecular complexity index is 1030. The number of rotatable bonds is 5. The average molecular weight is 410 g/mol. The molecule has 3 aromatic rings. The van der Waals surface area contributed by atoms with Gasteiger partial charge in [0.05, 0.1) is 9.95 Å². The van der Waals surface area contributed by atoms with Crippen LogP contribution < -0.4 is 4.74 Å². The van der Waals surface area contributed by atoms with E-state index in [9.17, 15) is 9.18 Å². The van der Waals surface area contributed by atoms with Crippen LogP contribution in [0, 0.1) is 11.2 Å². The zero-order valence-electron chi connectivity index (χ0n) is 14.6. The summed E-state index contributed by atoms with van der Waals surface area (Å²) in [6, 6.07) is 13.5. The van der Waals surface area contributed by atoms with Crippen LogP contribution in [0.2, 0.25) is 0 Å². The molecule has 0 bridgehead atoms. The van der Waals surface area contributed by atoms with Crippen molar-refractivity contribution in [3.63, 3.8) is 0 Å². The Hall–Kier alpha value is -2.77. The van der Waals surface area contributed by atoms with E-state index in [0.29, 0.717) is 27.3 Å². The Labute approximate surface area is 169 Å². The van der Waals surface area contributed by atoms with E-state index < -0.39 is 5.92 Å². The number of halogens is 1. The minimum Gasteiger partial charge on any atom is -0.489 e. The second-order valence-electron chi connectivity index (χ2n) is 6.13. The molecule has 1 atom stereocenters. The number of nitrogens with one attached hydrogen (secondary N) is 1. The zero-order chi connectivity index (χ0) is 19.5. The van der Waals surface area contributed by atoms with Crippen molar-refractivity contribution in [3.05, 3.63) is 87.0 Å². The topological polar surface area (TPSA) is 63.0 Å². The molecule has 0 unspecified atom stereocenters. The summed E-state index contributed by atoms with van der Waals surface area (Å²) in [4.78, 5) is 17.4. The van der Waals surface area contributed by atoms with E-state index in [1.807, 2.05) is 29.6 Å². The number of thiazole rings is 1. The maximum Gasteiger partial charge on any atom is 0.186 e. The third-order valence-electron chi connectivity index (χ3n) is 4.18. The van der Waals surface area contributed by atoms with Gasteiger partial charge in [0.25, 0.3) is 0 Å². The van der Waals surface area contributed by atoms with Crippen molar-refractivity contribution in [2.24, 2.45) is 0 Å². The molecule has 1 aliphatic rings. The number of benzene rings is 2. The smallest absolute Gasteiger partial charge is 0.186 e. The van der Waals surface area contributed by atoms with Crippen LogP contribution in [0.15, 0.2) is 65.0 Å². The van der Waals surface area contributed by atoms with Gasteiger partial charge in [-0.05, 0) is 41.5 Å². The normalized spacial score (nSPS) is 18.0. The molecule has 140 valence electrons. The van der Waals surface area contributed by atoms with Crippen LogP contribution in [-0.4, -0.2) is 15.8 Å². The number of Topliss-reactive ketones (excluding diaryl/α,β-unsaturated/α-hetero) is 1. The monoisotopic (exact) mass is 410 g/mol. The predicted molar refractivity (Wildman–Crippen MR) is 110 cm³/mol. The largest absolute Gasteiger partial charge is 0.489 e. The second kappa shape index (κ2) is 8.08. The van der Waals surface area contributed by atoms with Gasteiger partial charge in [-0.15, -0.1) is 11.3 Å². The minimum absolute atomic E-state index is 0.0819. The summed E-state index contributed by atoms with van der Waals surface area (Å²) in [6.07, 6.45) is 3.44. The molecule has 1 aromatic heterocycles. The van der Waals surface area contributed by atoms with Crippen molar-refractivity contribution < 1.29 is 13.9 Å². The number of hydrogen-bond acceptors (Lipinski definition) is 6. The highest BCUT2D eigenvalue weighted by molar-refractivity contribution is 8.19. The lowest BCUT2D eigenvalue weighted by atomic mass is 10.1. The lowest BCUT2D eigenvalue weighted by Crippen LogP contribution is -2.11. The van der Waals surface area contributed by atoms with E-state index in [2.05, 4.69) is 4.98 Å².